The highest BCUT2D eigenvalue weighted by Gasteiger charge is 2.48. The van der Waals surface area contributed by atoms with Gasteiger partial charge in [-0.25, -0.2) is 4.79 Å². The standard InChI is InChI=1S/C23H31NO5/c1-2-24(17-10-6-5-7-11-17)23(27)28-16-19-18(20-14-15-21(19)29-20)12-8-3-4-9-13-22(25)26/h3,5-8,10-11,18-21H,2,4,9,12-16H2,1H3,(H,25,26)/b8-3-/t18-,19-,20-,21+/m1/s1. The second-order valence-electron chi connectivity index (χ2n) is 7.77. The number of ether oxygens (including phenoxy) is 2. The monoisotopic (exact) mass is 401 g/mol. The van der Waals surface area contributed by atoms with Gasteiger partial charge in [0, 0.05) is 24.6 Å². The third-order valence-corrected chi connectivity index (χ3v) is 5.93. The summed E-state index contributed by atoms with van der Waals surface area (Å²) < 4.78 is 11.8. The van der Waals surface area contributed by atoms with Gasteiger partial charge in [0.05, 0.1) is 18.8 Å². The van der Waals surface area contributed by atoms with Crippen molar-refractivity contribution < 1.29 is 24.2 Å². The van der Waals surface area contributed by atoms with Crippen LogP contribution in [-0.2, 0) is 14.3 Å². The van der Waals surface area contributed by atoms with Gasteiger partial charge in [-0.3, -0.25) is 9.69 Å². The Morgan fingerprint density at radius 1 is 1.17 bits per heavy atom. The number of amides is 1. The quantitative estimate of drug-likeness (QED) is 0.456. The number of carbonyl (C=O) groups excluding carboxylic acids is 1. The van der Waals surface area contributed by atoms with Crippen LogP contribution >= 0.6 is 0 Å². The Labute approximate surface area is 172 Å². The molecule has 6 heteroatoms. The highest BCUT2D eigenvalue weighted by Crippen LogP contribution is 2.45. The lowest BCUT2D eigenvalue weighted by molar-refractivity contribution is -0.137. The maximum Gasteiger partial charge on any atom is 0.414 e. The first-order chi connectivity index (χ1) is 14.1. The predicted octanol–water partition coefficient (Wildman–Crippen LogP) is 4.64. The second-order valence-corrected chi connectivity index (χ2v) is 7.77. The molecule has 4 atom stereocenters. The number of carboxylic acids is 1. The van der Waals surface area contributed by atoms with E-state index in [1.165, 1.54) is 0 Å². The van der Waals surface area contributed by atoms with E-state index in [0.717, 1.165) is 31.4 Å². The van der Waals surface area contributed by atoms with E-state index in [9.17, 15) is 9.59 Å². The molecule has 2 aliphatic heterocycles. The van der Waals surface area contributed by atoms with Crippen molar-refractivity contribution in [3.63, 3.8) is 0 Å². The number of carbonyl (C=O) groups is 2. The van der Waals surface area contributed by atoms with E-state index in [1.54, 1.807) is 4.90 Å². The summed E-state index contributed by atoms with van der Waals surface area (Å²) in [4.78, 5) is 24.8. The molecular formula is C23H31NO5. The van der Waals surface area contributed by atoms with Crippen molar-refractivity contribution in [2.75, 3.05) is 18.1 Å². The van der Waals surface area contributed by atoms with E-state index in [-0.39, 0.29) is 30.6 Å². The van der Waals surface area contributed by atoms with Crippen molar-refractivity contribution in [3.05, 3.63) is 42.5 Å². The molecule has 0 aliphatic carbocycles. The first kappa shape index (κ1) is 21.4. The number of carboxylic acid groups (broad SMARTS) is 1. The van der Waals surface area contributed by atoms with Gasteiger partial charge in [0.15, 0.2) is 0 Å². The van der Waals surface area contributed by atoms with Crippen LogP contribution in [-0.4, -0.2) is 42.5 Å². The molecule has 2 fully saturated rings. The highest BCUT2D eigenvalue weighted by molar-refractivity contribution is 5.87. The molecule has 1 aromatic rings. The number of aliphatic carboxylic acids is 1. The molecule has 1 amide bonds. The van der Waals surface area contributed by atoms with Crippen molar-refractivity contribution in [1.29, 1.82) is 0 Å². The van der Waals surface area contributed by atoms with Crippen LogP contribution in [0.5, 0.6) is 0 Å². The average molecular weight is 402 g/mol. The van der Waals surface area contributed by atoms with Crippen LogP contribution < -0.4 is 4.90 Å². The Hall–Kier alpha value is -2.34. The Morgan fingerprint density at radius 2 is 1.90 bits per heavy atom. The van der Waals surface area contributed by atoms with Gasteiger partial charge < -0.3 is 14.6 Å². The summed E-state index contributed by atoms with van der Waals surface area (Å²) >= 11 is 0. The SMILES string of the molecule is CCN(C(=O)OC[C@@H]1[C@@H](C/C=C\CCCC(=O)O)[C@H]2CC[C@@H]1O2)c1ccccc1. The van der Waals surface area contributed by atoms with Crippen LogP contribution in [0.25, 0.3) is 0 Å². The molecule has 0 spiro atoms. The van der Waals surface area contributed by atoms with Crippen LogP contribution in [0.1, 0.15) is 45.4 Å². The van der Waals surface area contributed by atoms with Gasteiger partial charge in [0.1, 0.15) is 0 Å². The van der Waals surface area contributed by atoms with Gasteiger partial charge in [-0.15, -0.1) is 0 Å². The number of hydrogen-bond donors (Lipinski definition) is 1. The van der Waals surface area contributed by atoms with Gasteiger partial charge in [-0.2, -0.15) is 0 Å². The van der Waals surface area contributed by atoms with Crippen LogP contribution in [0.3, 0.4) is 0 Å². The lowest BCUT2D eigenvalue weighted by Gasteiger charge is -2.28. The molecule has 0 saturated carbocycles. The van der Waals surface area contributed by atoms with Crippen LogP contribution in [0, 0.1) is 11.8 Å². The van der Waals surface area contributed by atoms with Crippen LogP contribution in [0.2, 0.25) is 0 Å². The molecule has 1 aromatic carbocycles. The first-order valence-electron chi connectivity index (χ1n) is 10.6. The number of unbranched alkanes of at least 4 members (excludes halogenated alkanes) is 1. The van der Waals surface area contributed by atoms with Gasteiger partial charge in [0.25, 0.3) is 0 Å². The molecule has 2 saturated heterocycles. The number of rotatable bonds is 10. The normalized spacial score (nSPS) is 25.4. The molecule has 2 aliphatic rings. The summed E-state index contributed by atoms with van der Waals surface area (Å²) in [5.41, 5.74) is 0.838. The molecular weight excluding hydrogens is 370 g/mol. The number of benzene rings is 1. The van der Waals surface area contributed by atoms with Gasteiger partial charge >= 0.3 is 12.1 Å². The zero-order valence-corrected chi connectivity index (χ0v) is 17.0. The molecule has 0 radical (unpaired) electrons. The molecule has 2 heterocycles. The zero-order valence-electron chi connectivity index (χ0n) is 17.0. The Kier molecular flexibility index (Phi) is 7.69. The minimum Gasteiger partial charge on any atom is -0.481 e. The van der Waals surface area contributed by atoms with E-state index >= 15 is 0 Å². The lowest BCUT2D eigenvalue weighted by atomic mass is 9.78. The maximum absolute atomic E-state index is 12.6. The van der Waals surface area contributed by atoms with Crippen molar-refractivity contribution in [2.45, 2.75) is 57.7 Å². The number of fused-ring (bicyclic) bond motifs is 2. The first-order valence-corrected chi connectivity index (χ1v) is 10.6. The number of allylic oxidation sites excluding steroid dienone is 2. The van der Waals surface area contributed by atoms with E-state index in [0.29, 0.717) is 25.5 Å². The average Bonchev–Trinajstić information content (AvgIpc) is 3.32. The third-order valence-electron chi connectivity index (χ3n) is 5.93. The summed E-state index contributed by atoms with van der Waals surface area (Å²) in [6.45, 7) is 2.87. The van der Waals surface area contributed by atoms with E-state index < -0.39 is 5.97 Å². The molecule has 29 heavy (non-hydrogen) atoms. The maximum atomic E-state index is 12.6. The highest BCUT2D eigenvalue weighted by atomic mass is 16.6. The smallest absolute Gasteiger partial charge is 0.414 e. The Morgan fingerprint density at radius 3 is 2.59 bits per heavy atom. The predicted molar refractivity (Wildman–Crippen MR) is 111 cm³/mol. The topological polar surface area (TPSA) is 76.1 Å². The second kappa shape index (κ2) is 10.4. The summed E-state index contributed by atoms with van der Waals surface area (Å²) in [7, 11) is 0. The lowest BCUT2D eigenvalue weighted by Crippen LogP contribution is -2.36. The largest absolute Gasteiger partial charge is 0.481 e. The molecule has 6 nitrogen and oxygen atoms in total. The Bertz CT molecular complexity index is 704. The summed E-state index contributed by atoms with van der Waals surface area (Å²) in [5.74, 6) is -0.182. The van der Waals surface area contributed by atoms with Crippen molar-refractivity contribution in [3.8, 4) is 0 Å². The third kappa shape index (κ3) is 5.60. The summed E-state index contributed by atoms with van der Waals surface area (Å²) in [5, 5.41) is 8.70. The molecule has 1 N–H and O–H groups in total. The van der Waals surface area contributed by atoms with Crippen LogP contribution in [0.4, 0.5) is 10.5 Å². The van der Waals surface area contributed by atoms with Gasteiger partial charge in [-0.05, 0) is 57.1 Å². The van der Waals surface area contributed by atoms with Crippen molar-refractivity contribution >= 4 is 17.7 Å². The van der Waals surface area contributed by atoms with Crippen molar-refractivity contribution in [2.24, 2.45) is 11.8 Å². The van der Waals surface area contributed by atoms with E-state index in [2.05, 4.69) is 12.2 Å². The fourth-order valence-corrected chi connectivity index (χ4v) is 4.44. The van der Waals surface area contributed by atoms with Gasteiger partial charge in [0.2, 0.25) is 0 Å². The fraction of sp³-hybridized carbons (Fsp3) is 0.565. The van der Waals surface area contributed by atoms with Crippen LogP contribution in [0.15, 0.2) is 42.5 Å². The summed E-state index contributed by atoms with van der Waals surface area (Å²) in [6, 6.07) is 9.56. The number of para-hydroxylation sites is 1. The Balaban J connectivity index is 1.51. The molecule has 2 bridgehead atoms. The molecule has 0 unspecified atom stereocenters. The minimum absolute atomic E-state index is 0.171. The number of hydrogen-bond acceptors (Lipinski definition) is 4. The van der Waals surface area contributed by atoms with Crippen molar-refractivity contribution in [1.82, 2.24) is 0 Å². The molecule has 0 aromatic heterocycles. The summed E-state index contributed by atoms with van der Waals surface area (Å²) in [6.07, 6.45) is 8.91. The van der Waals surface area contributed by atoms with Gasteiger partial charge in [-0.1, -0.05) is 30.4 Å². The zero-order chi connectivity index (χ0) is 20.6. The van der Waals surface area contributed by atoms with E-state index in [1.807, 2.05) is 37.3 Å². The number of anilines is 1. The van der Waals surface area contributed by atoms with E-state index in [4.69, 9.17) is 14.6 Å². The number of nitrogens with zero attached hydrogens (tertiary/aromatic N) is 1. The molecule has 158 valence electrons. The molecule has 3 rings (SSSR count). The fourth-order valence-electron chi connectivity index (χ4n) is 4.44. The minimum atomic E-state index is -0.751.